The molecular weight excluding hydrogens is 361 g/mol. The summed E-state index contributed by atoms with van der Waals surface area (Å²) in [6, 6.07) is 12.0. The lowest BCUT2D eigenvalue weighted by molar-refractivity contribution is -0.119. The molecular formula is C17H15BrFN3O. The van der Waals surface area contributed by atoms with Gasteiger partial charge in [-0.05, 0) is 37.4 Å². The number of benzodiazepines with no additional fused rings is 1. The number of benzene rings is 2. The minimum Gasteiger partial charge on any atom is -0.312 e. The van der Waals surface area contributed by atoms with Crippen molar-refractivity contribution in [2.24, 2.45) is 4.99 Å². The number of hydrogen-bond donors (Lipinski definition) is 1. The molecule has 1 aliphatic rings. The molecule has 0 saturated heterocycles. The summed E-state index contributed by atoms with van der Waals surface area (Å²) in [6.45, 7) is 0. The van der Waals surface area contributed by atoms with Crippen molar-refractivity contribution in [3.8, 4) is 0 Å². The molecule has 0 aliphatic carbocycles. The third kappa shape index (κ3) is 2.80. The Bertz CT molecular complexity index is 806. The highest BCUT2D eigenvalue weighted by molar-refractivity contribution is 9.10. The van der Waals surface area contributed by atoms with E-state index in [0.29, 0.717) is 22.5 Å². The molecule has 1 N–H and O–H groups in total. The normalized spacial score (nSPS) is 17.6. The molecule has 1 unspecified atom stereocenters. The fraction of sp³-hybridized carbons (Fsp3) is 0.176. The van der Waals surface area contributed by atoms with Gasteiger partial charge >= 0.3 is 0 Å². The van der Waals surface area contributed by atoms with E-state index in [9.17, 15) is 9.18 Å². The topological polar surface area (TPSA) is 44.7 Å². The molecule has 0 fully saturated rings. The molecule has 2 aromatic carbocycles. The molecule has 1 amide bonds. The smallest absolute Gasteiger partial charge is 0.266 e. The molecule has 0 aromatic heterocycles. The van der Waals surface area contributed by atoms with Crippen LogP contribution in [0.1, 0.15) is 11.1 Å². The molecule has 2 aromatic rings. The minimum absolute atomic E-state index is 0.192. The molecule has 4 nitrogen and oxygen atoms in total. The predicted octanol–water partition coefficient (Wildman–Crippen LogP) is 2.95. The fourth-order valence-electron chi connectivity index (χ4n) is 2.60. The second-order valence-corrected chi connectivity index (χ2v) is 6.12. The van der Waals surface area contributed by atoms with Gasteiger partial charge < -0.3 is 4.90 Å². The number of likely N-dealkylation sites (N-methyl/N-ethyl adjacent to an activating group) is 2. The zero-order chi connectivity index (χ0) is 16.6. The number of hydrogen-bond acceptors (Lipinski definition) is 3. The number of halogens is 2. The van der Waals surface area contributed by atoms with E-state index in [2.05, 4.69) is 26.2 Å². The van der Waals surface area contributed by atoms with Crippen LogP contribution in [0.3, 0.4) is 0 Å². The highest BCUT2D eigenvalue weighted by Gasteiger charge is 2.29. The molecule has 0 saturated carbocycles. The van der Waals surface area contributed by atoms with Crippen LogP contribution in [-0.4, -0.2) is 31.9 Å². The van der Waals surface area contributed by atoms with Gasteiger partial charge in [-0.3, -0.25) is 15.1 Å². The zero-order valence-electron chi connectivity index (χ0n) is 12.7. The van der Waals surface area contributed by atoms with Crippen molar-refractivity contribution in [1.82, 2.24) is 5.32 Å². The molecule has 1 aliphatic heterocycles. The standard InChI is InChI=1S/C17H15BrFN3O/c1-20-16-17(23)22(2)14-8-7-10(18)9-12(14)15(21-16)11-5-3-4-6-13(11)19/h3-9,16,20H,1-2H3. The number of carbonyl (C=O) groups excluding carboxylic acids is 1. The Morgan fingerprint density at radius 1 is 1.22 bits per heavy atom. The summed E-state index contributed by atoms with van der Waals surface area (Å²) >= 11 is 3.43. The van der Waals surface area contributed by atoms with E-state index in [1.807, 2.05) is 18.2 Å². The van der Waals surface area contributed by atoms with Gasteiger partial charge in [-0.25, -0.2) is 4.39 Å². The average Bonchev–Trinajstić information content (AvgIpc) is 2.65. The average molecular weight is 376 g/mol. The first-order valence-corrected chi connectivity index (χ1v) is 7.89. The maximum atomic E-state index is 14.3. The van der Waals surface area contributed by atoms with Gasteiger partial charge in [0.15, 0.2) is 6.17 Å². The van der Waals surface area contributed by atoms with Crippen LogP contribution in [0.25, 0.3) is 0 Å². The van der Waals surface area contributed by atoms with Crippen LogP contribution >= 0.6 is 15.9 Å². The van der Waals surface area contributed by atoms with Crippen molar-refractivity contribution < 1.29 is 9.18 Å². The molecule has 23 heavy (non-hydrogen) atoms. The Hall–Kier alpha value is -2.05. The first-order valence-electron chi connectivity index (χ1n) is 7.10. The molecule has 118 valence electrons. The number of nitrogens with zero attached hydrogens (tertiary/aromatic N) is 2. The lowest BCUT2D eigenvalue weighted by atomic mass is 10.00. The van der Waals surface area contributed by atoms with Crippen LogP contribution in [-0.2, 0) is 4.79 Å². The van der Waals surface area contributed by atoms with E-state index in [1.54, 1.807) is 37.2 Å². The quantitative estimate of drug-likeness (QED) is 0.876. The molecule has 0 bridgehead atoms. The van der Waals surface area contributed by atoms with Crippen molar-refractivity contribution in [3.05, 3.63) is 63.9 Å². The fourth-order valence-corrected chi connectivity index (χ4v) is 2.96. The summed E-state index contributed by atoms with van der Waals surface area (Å²) in [7, 11) is 3.35. The van der Waals surface area contributed by atoms with Crippen LogP contribution in [0.15, 0.2) is 51.9 Å². The molecule has 6 heteroatoms. The molecule has 1 atom stereocenters. The maximum absolute atomic E-state index is 14.3. The lowest BCUT2D eigenvalue weighted by Crippen LogP contribution is -2.41. The Labute approximate surface area is 142 Å². The highest BCUT2D eigenvalue weighted by Crippen LogP contribution is 2.30. The summed E-state index contributed by atoms with van der Waals surface area (Å²) in [5.74, 6) is -0.563. The van der Waals surface area contributed by atoms with Crippen LogP contribution in [0.2, 0.25) is 0 Å². The van der Waals surface area contributed by atoms with Gasteiger partial charge in [0, 0.05) is 22.6 Å². The third-order valence-electron chi connectivity index (χ3n) is 3.80. The number of carbonyl (C=O) groups is 1. The Morgan fingerprint density at radius 3 is 2.65 bits per heavy atom. The zero-order valence-corrected chi connectivity index (χ0v) is 14.3. The van der Waals surface area contributed by atoms with E-state index >= 15 is 0 Å². The number of nitrogens with one attached hydrogen (secondary N) is 1. The van der Waals surface area contributed by atoms with Crippen molar-refractivity contribution in [3.63, 3.8) is 0 Å². The lowest BCUT2D eigenvalue weighted by Gasteiger charge is -2.20. The van der Waals surface area contributed by atoms with Gasteiger partial charge in [0.2, 0.25) is 0 Å². The van der Waals surface area contributed by atoms with E-state index < -0.39 is 6.17 Å². The second-order valence-electron chi connectivity index (χ2n) is 5.21. The molecule has 3 rings (SSSR count). The minimum atomic E-state index is -0.763. The number of aliphatic imine (C=N–C) groups is 1. The van der Waals surface area contributed by atoms with Crippen molar-refractivity contribution in [2.45, 2.75) is 6.17 Å². The first-order chi connectivity index (χ1) is 11.0. The van der Waals surface area contributed by atoms with Gasteiger partial charge in [0.25, 0.3) is 5.91 Å². The molecule has 1 heterocycles. The van der Waals surface area contributed by atoms with Crippen LogP contribution < -0.4 is 10.2 Å². The van der Waals surface area contributed by atoms with Gasteiger partial charge in [-0.1, -0.05) is 28.1 Å². The SMILES string of the molecule is CNC1N=C(c2ccccc2F)c2cc(Br)ccc2N(C)C1=O. The highest BCUT2D eigenvalue weighted by atomic mass is 79.9. The summed E-state index contributed by atoms with van der Waals surface area (Å²) in [6.07, 6.45) is -0.763. The van der Waals surface area contributed by atoms with Gasteiger partial charge in [0.05, 0.1) is 11.4 Å². The van der Waals surface area contributed by atoms with Gasteiger partial charge in [-0.2, -0.15) is 0 Å². The van der Waals surface area contributed by atoms with Crippen molar-refractivity contribution in [2.75, 3.05) is 19.0 Å². The Kier molecular flexibility index (Phi) is 4.28. The van der Waals surface area contributed by atoms with E-state index in [1.165, 1.54) is 6.07 Å². The number of amides is 1. The van der Waals surface area contributed by atoms with E-state index in [-0.39, 0.29) is 11.7 Å². The Balaban J connectivity index is 2.31. The summed E-state index contributed by atoms with van der Waals surface area (Å²) in [4.78, 5) is 18.6. The second kappa shape index (κ2) is 6.22. The van der Waals surface area contributed by atoms with Crippen LogP contribution in [0, 0.1) is 5.82 Å². The van der Waals surface area contributed by atoms with Crippen LogP contribution in [0.5, 0.6) is 0 Å². The maximum Gasteiger partial charge on any atom is 0.266 e. The number of rotatable bonds is 2. The first kappa shape index (κ1) is 15.8. The summed E-state index contributed by atoms with van der Waals surface area (Å²) in [5.41, 5.74) is 2.22. The monoisotopic (exact) mass is 375 g/mol. The van der Waals surface area contributed by atoms with Crippen molar-refractivity contribution in [1.29, 1.82) is 0 Å². The molecule has 0 spiro atoms. The summed E-state index contributed by atoms with van der Waals surface area (Å²) < 4.78 is 15.2. The van der Waals surface area contributed by atoms with Gasteiger partial charge in [-0.15, -0.1) is 0 Å². The number of fused-ring (bicyclic) bond motifs is 1. The third-order valence-corrected chi connectivity index (χ3v) is 4.29. The predicted molar refractivity (Wildman–Crippen MR) is 92.4 cm³/mol. The van der Waals surface area contributed by atoms with Crippen LogP contribution in [0.4, 0.5) is 10.1 Å². The summed E-state index contributed by atoms with van der Waals surface area (Å²) in [5, 5.41) is 2.88. The Morgan fingerprint density at radius 2 is 1.96 bits per heavy atom. The van der Waals surface area contributed by atoms with E-state index in [0.717, 1.165) is 4.47 Å². The number of anilines is 1. The van der Waals surface area contributed by atoms with E-state index in [4.69, 9.17) is 0 Å². The van der Waals surface area contributed by atoms with Gasteiger partial charge in [0.1, 0.15) is 5.82 Å². The largest absolute Gasteiger partial charge is 0.312 e. The molecule has 0 radical (unpaired) electrons. The van der Waals surface area contributed by atoms with Crippen molar-refractivity contribution >= 4 is 33.2 Å².